The van der Waals surface area contributed by atoms with Crippen molar-refractivity contribution in [2.24, 2.45) is 5.73 Å². The fraction of sp³-hybridized carbons (Fsp3) is 0.429. The van der Waals surface area contributed by atoms with E-state index in [1.807, 2.05) is 15.8 Å². The van der Waals surface area contributed by atoms with Gasteiger partial charge in [0.05, 0.1) is 23.9 Å². The zero-order valence-corrected chi connectivity index (χ0v) is 14.3. The van der Waals surface area contributed by atoms with Gasteiger partial charge in [0.15, 0.2) is 5.16 Å². The molecule has 126 valence electrons. The van der Waals surface area contributed by atoms with E-state index in [2.05, 4.69) is 10.2 Å². The van der Waals surface area contributed by atoms with E-state index in [-0.39, 0.29) is 17.4 Å². The number of primary amides is 1. The van der Waals surface area contributed by atoms with Crippen LogP contribution in [0.5, 0.6) is 0 Å². The average Bonchev–Trinajstić information content (AvgIpc) is 3.27. The SMILES string of the molecule is NC(=O)CSc1nnc2n(CC3CCCO3)c(=O)c3sccc3n12. The van der Waals surface area contributed by atoms with Crippen LogP contribution in [0, 0.1) is 0 Å². The minimum atomic E-state index is -0.425. The number of carbonyl (C=O) groups is 1. The summed E-state index contributed by atoms with van der Waals surface area (Å²) in [7, 11) is 0. The number of carbonyl (C=O) groups excluding carboxylic acids is 1. The Labute approximate surface area is 144 Å². The summed E-state index contributed by atoms with van der Waals surface area (Å²) in [6.45, 7) is 1.18. The second kappa shape index (κ2) is 6.19. The molecule has 3 aromatic rings. The van der Waals surface area contributed by atoms with E-state index < -0.39 is 5.91 Å². The molecule has 1 atom stereocenters. The molecule has 0 radical (unpaired) electrons. The van der Waals surface area contributed by atoms with Crippen LogP contribution in [0.1, 0.15) is 12.8 Å². The minimum absolute atomic E-state index is 0.0161. The van der Waals surface area contributed by atoms with E-state index in [1.54, 1.807) is 4.57 Å². The molecule has 4 heterocycles. The number of hydrogen-bond donors (Lipinski definition) is 1. The fourth-order valence-corrected chi connectivity index (χ4v) is 4.39. The summed E-state index contributed by atoms with van der Waals surface area (Å²) in [6, 6.07) is 1.86. The summed E-state index contributed by atoms with van der Waals surface area (Å²) in [5.74, 6) is 0.149. The first-order valence-corrected chi connectivity index (χ1v) is 9.39. The maximum atomic E-state index is 12.8. The first kappa shape index (κ1) is 15.6. The van der Waals surface area contributed by atoms with Crippen molar-refractivity contribution in [3.8, 4) is 0 Å². The van der Waals surface area contributed by atoms with Crippen molar-refractivity contribution in [2.75, 3.05) is 12.4 Å². The van der Waals surface area contributed by atoms with Gasteiger partial charge in [-0.1, -0.05) is 11.8 Å². The number of nitrogens with two attached hydrogens (primary N) is 1. The van der Waals surface area contributed by atoms with Gasteiger partial charge < -0.3 is 10.5 Å². The predicted octanol–water partition coefficient (Wildman–Crippen LogP) is 0.862. The van der Waals surface area contributed by atoms with Crippen molar-refractivity contribution in [3.05, 3.63) is 21.8 Å². The van der Waals surface area contributed by atoms with E-state index in [4.69, 9.17) is 10.5 Å². The lowest BCUT2D eigenvalue weighted by molar-refractivity contribution is -0.115. The van der Waals surface area contributed by atoms with E-state index >= 15 is 0 Å². The van der Waals surface area contributed by atoms with Gasteiger partial charge in [-0.05, 0) is 24.3 Å². The number of nitrogens with zero attached hydrogens (tertiary/aromatic N) is 4. The maximum Gasteiger partial charge on any atom is 0.272 e. The lowest BCUT2D eigenvalue weighted by Gasteiger charge is -2.13. The van der Waals surface area contributed by atoms with Gasteiger partial charge in [-0.3, -0.25) is 18.6 Å². The first-order valence-electron chi connectivity index (χ1n) is 7.53. The van der Waals surface area contributed by atoms with Crippen molar-refractivity contribution in [1.82, 2.24) is 19.2 Å². The third-order valence-electron chi connectivity index (χ3n) is 3.94. The molecule has 10 heteroatoms. The van der Waals surface area contributed by atoms with Crippen LogP contribution in [0.2, 0.25) is 0 Å². The Bertz CT molecular complexity index is 970. The lowest BCUT2D eigenvalue weighted by Crippen LogP contribution is -2.28. The Morgan fingerprint density at radius 1 is 1.50 bits per heavy atom. The summed E-state index contributed by atoms with van der Waals surface area (Å²) in [5, 5.41) is 10.7. The van der Waals surface area contributed by atoms with Crippen molar-refractivity contribution in [1.29, 1.82) is 0 Å². The Hall–Kier alpha value is -1.91. The van der Waals surface area contributed by atoms with Gasteiger partial charge in [0.2, 0.25) is 11.7 Å². The molecule has 1 aliphatic heterocycles. The lowest BCUT2D eigenvalue weighted by atomic mass is 10.2. The Kier molecular flexibility index (Phi) is 4.02. The monoisotopic (exact) mass is 365 g/mol. The molecule has 3 aromatic heterocycles. The van der Waals surface area contributed by atoms with E-state index in [9.17, 15) is 9.59 Å². The van der Waals surface area contributed by atoms with Gasteiger partial charge >= 0.3 is 0 Å². The number of hydrogen-bond acceptors (Lipinski definition) is 7. The van der Waals surface area contributed by atoms with Crippen LogP contribution in [0.4, 0.5) is 0 Å². The van der Waals surface area contributed by atoms with Gasteiger partial charge in [0, 0.05) is 6.61 Å². The molecule has 0 spiro atoms. The van der Waals surface area contributed by atoms with Crippen LogP contribution in [-0.4, -0.2) is 43.5 Å². The first-order chi connectivity index (χ1) is 11.6. The number of ether oxygens (including phenoxy) is 1. The largest absolute Gasteiger partial charge is 0.376 e. The highest BCUT2D eigenvalue weighted by Gasteiger charge is 2.22. The fourth-order valence-electron chi connectivity index (χ4n) is 2.89. The molecule has 4 rings (SSSR count). The third-order valence-corrected chi connectivity index (χ3v) is 5.78. The Morgan fingerprint density at radius 3 is 3.12 bits per heavy atom. The highest BCUT2D eigenvalue weighted by atomic mass is 32.2. The molecule has 8 nitrogen and oxygen atoms in total. The molecular weight excluding hydrogens is 350 g/mol. The van der Waals surface area contributed by atoms with E-state index in [0.717, 1.165) is 25.0 Å². The highest BCUT2D eigenvalue weighted by Crippen LogP contribution is 2.25. The van der Waals surface area contributed by atoms with E-state index in [0.29, 0.717) is 22.2 Å². The molecule has 0 bridgehead atoms. The highest BCUT2D eigenvalue weighted by molar-refractivity contribution is 7.99. The molecule has 1 aliphatic rings. The number of thioether (sulfide) groups is 1. The average molecular weight is 365 g/mol. The van der Waals surface area contributed by atoms with Crippen molar-refractivity contribution < 1.29 is 9.53 Å². The summed E-state index contributed by atoms with van der Waals surface area (Å²) < 4.78 is 9.74. The minimum Gasteiger partial charge on any atom is -0.376 e. The molecule has 1 saturated heterocycles. The second-order valence-electron chi connectivity index (χ2n) is 5.56. The van der Waals surface area contributed by atoms with Crippen LogP contribution in [0.15, 0.2) is 21.4 Å². The molecule has 0 aliphatic carbocycles. The molecule has 1 unspecified atom stereocenters. The van der Waals surface area contributed by atoms with Crippen molar-refractivity contribution >= 4 is 45.0 Å². The zero-order chi connectivity index (χ0) is 16.7. The molecule has 24 heavy (non-hydrogen) atoms. The number of amides is 1. The van der Waals surface area contributed by atoms with Crippen LogP contribution < -0.4 is 11.3 Å². The van der Waals surface area contributed by atoms with E-state index in [1.165, 1.54) is 23.1 Å². The van der Waals surface area contributed by atoms with Crippen LogP contribution in [-0.2, 0) is 16.1 Å². The Balaban J connectivity index is 1.88. The summed E-state index contributed by atoms with van der Waals surface area (Å²) >= 11 is 2.60. The molecule has 0 aromatic carbocycles. The van der Waals surface area contributed by atoms with Gasteiger partial charge in [-0.25, -0.2) is 0 Å². The number of aromatic nitrogens is 4. The van der Waals surface area contributed by atoms with Crippen LogP contribution in [0.3, 0.4) is 0 Å². The zero-order valence-electron chi connectivity index (χ0n) is 12.7. The predicted molar refractivity (Wildman–Crippen MR) is 91.5 cm³/mol. The Morgan fingerprint density at radius 2 is 2.38 bits per heavy atom. The smallest absolute Gasteiger partial charge is 0.272 e. The van der Waals surface area contributed by atoms with Crippen molar-refractivity contribution in [3.63, 3.8) is 0 Å². The van der Waals surface area contributed by atoms with Crippen LogP contribution >= 0.6 is 23.1 Å². The second-order valence-corrected chi connectivity index (χ2v) is 7.42. The molecular formula is C14H15N5O3S2. The van der Waals surface area contributed by atoms with Gasteiger partial charge in [0.1, 0.15) is 4.70 Å². The normalized spacial score (nSPS) is 17.9. The quantitative estimate of drug-likeness (QED) is 0.673. The summed E-state index contributed by atoms with van der Waals surface area (Å²) in [5.41, 5.74) is 5.89. The molecule has 2 N–H and O–H groups in total. The van der Waals surface area contributed by atoms with Gasteiger partial charge in [-0.15, -0.1) is 21.5 Å². The molecule has 1 fully saturated rings. The molecule has 1 amide bonds. The summed E-state index contributed by atoms with van der Waals surface area (Å²) in [4.78, 5) is 23.9. The maximum absolute atomic E-state index is 12.8. The van der Waals surface area contributed by atoms with Crippen LogP contribution in [0.25, 0.3) is 16.0 Å². The van der Waals surface area contributed by atoms with Crippen molar-refractivity contribution in [2.45, 2.75) is 30.6 Å². The van der Waals surface area contributed by atoms with Gasteiger partial charge in [0.25, 0.3) is 5.56 Å². The third kappa shape index (κ3) is 2.60. The standard InChI is InChI=1S/C14H15N5O3S2/c15-10(20)7-24-14-17-16-13-18(6-8-2-1-4-22-8)12(21)11-9(19(13)14)3-5-23-11/h3,5,8H,1-2,4,6-7H2,(H2,15,20). The topological polar surface area (TPSA) is 105 Å². The number of rotatable bonds is 5. The molecule has 0 saturated carbocycles. The number of thiophene rings is 1. The number of fused-ring (bicyclic) bond motifs is 3. The summed E-state index contributed by atoms with van der Waals surface area (Å²) in [6.07, 6.45) is 1.95. The van der Waals surface area contributed by atoms with Gasteiger partial charge in [-0.2, -0.15) is 0 Å².